The number of nitrogens with one attached hydrogen (secondary N) is 2. The van der Waals surface area contributed by atoms with Gasteiger partial charge in [-0.1, -0.05) is 37.6 Å². The van der Waals surface area contributed by atoms with Gasteiger partial charge in [0.1, 0.15) is 0 Å². The van der Waals surface area contributed by atoms with Crippen LogP contribution < -0.4 is 10.6 Å². The van der Waals surface area contributed by atoms with Gasteiger partial charge in [-0.3, -0.25) is 0 Å². The van der Waals surface area contributed by atoms with Gasteiger partial charge < -0.3 is 15.7 Å². The normalized spacial score (nSPS) is 11.2. The molecule has 0 aromatic heterocycles. The van der Waals surface area contributed by atoms with E-state index in [0.29, 0.717) is 19.5 Å². The quantitative estimate of drug-likeness (QED) is 0.748. The van der Waals surface area contributed by atoms with E-state index in [2.05, 4.69) is 23.6 Å². The van der Waals surface area contributed by atoms with Gasteiger partial charge in [0.15, 0.2) is 0 Å². The van der Waals surface area contributed by atoms with Crippen LogP contribution in [0.25, 0.3) is 0 Å². The molecule has 4 heteroatoms. The first-order chi connectivity index (χ1) is 9.34. The number of hydrogen-bond donors (Lipinski definition) is 3. The SMILES string of the molecule is Cc1ccc(CNC(=O)NCC(C)(C)CCO)c(C)c1. The summed E-state index contributed by atoms with van der Waals surface area (Å²) in [5, 5.41) is 14.7. The maximum Gasteiger partial charge on any atom is 0.315 e. The highest BCUT2D eigenvalue weighted by molar-refractivity contribution is 5.73. The second-order valence-corrected chi connectivity index (χ2v) is 6.10. The van der Waals surface area contributed by atoms with E-state index in [1.807, 2.05) is 32.9 Å². The third kappa shape index (κ3) is 5.61. The van der Waals surface area contributed by atoms with Crippen molar-refractivity contribution in [3.63, 3.8) is 0 Å². The van der Waals surface area contributed by atoms with Crippen molar-refractivity contribution in [2.75, 3.05) is 13.2 Å². The van der Waals surface area contributed by atoms with Crippen molar-refractivity contribution in [2.24, 2.45) is 5.41 Å². The summed E-state index contributed by atoms with van der Waals surface area (Å²) in [5.74, 6) is 0. The van der Waals surface area contributed by atoms with Crippen molar-refractivity contribution in [1.29, 1.82) is 0 Å². The Bertz CT molecular complexity index is 456. The van der Waals surface area contributed by atoms with Crippen LogP contribution in [0.5, 0.6) is 0 Å². The number of carbonyl (C=O) groups excluding carboxylic acids is 1. The van der Waals surface area contributed by atoms with Gasteiger partial charge in [0, 0.05) is 19.7 Å². The first-order valence-corrected chi connectivity index (χ1v) is 7.03. The Morgan fingerprint density at radius 1 is 1.25 bits per heavy atom. The van der Waals surface area contributed by atoms with Gasteiger partial charge in [-0.15, -0.1) is 0 Å². The maximum absolute atomic E-state index is 11.8. The number of carbonyl (C=O) groups is 1. The van der Waals surface area contributed by atoms with E-state index in [9.17, 15) is 4.79 Å². The topological polar surface area (TPSA) is 61.4 Å². The van der Waals surface area contributed by atoms with Gasteiger partial charge in [-0.2, -0.15) is 0 Å². The van der Waals surface area contributed by atoms with Crippen molar-refractivity contribution in [3.8, 4) is 0 Å². The lowest BCUT2D eigenvalue weighted by atomic mass is 9.90. The fourth-order valence-electron chi connectivity index (χ4n) is 1.99. The molecule has 0 unspecified atom stereocenters. The van der Waals surface area contributed by atoms with Crippen molar-refractivity contribution in [3.05, 3.63) is 34.9 Å². The number of urea groups is 1. The predicted molar refractivity (Wildman–Crippen MR) is 81.6 cm³/mol. The van der Waals surface area contributed by atoms with Crippen LogP contribution in [-0.2, 0) is 6.54 Å². The summed E-state index contributed by atoms with van der Waals surface area (Å²) in [4.78, 5) is 11.8. The van der Waals surface area contributed by atoms with Gasteiger partial charge in [-0.05, 0) is 36.8 Å². The number of amides is 2. The van der Waals surface area contributed by atoms with Crippen LogP contribution in [0.3, 0.4) is 0 Å². The Kier molecular flexibility index (Phi) is 6.02. The lowest BCUT2D eigenvalue weighted by Crippen LogP contribution is -2.40. The van der Waals surface area contributed by atoms with E-state index < -0.39 is 0 Å². The van der Waals surface area contributed by atoms with E-state index in [-0.39, 0.29) is 18.1 Å². The molecule has 112 valence electrons. The van der Waals surface area contributed by atoms with Crippen molar-refractivity contribution in [1.82, 2.24) is 10.6 Å². The second kappa shape index (κ2) is 7.29. The smallest absolute Gasteiger partial charge is 0.315 e. The Morgan fingerprint density at radius 2 is 1.95 bits per heavy atom. The van der Waals surface area contributed by atoms with E-state index in [0.717, 1.165) is 5.56 Å². The second-order valence-electron chi connectivity index (χ2n) is 6.10. The molecule has 3 N–H and O–H groups in total. The van der Waals surface area contributed by atoms with E-state index >= 15 is 0 Å². The van der Waals surface area contributed by atoms with Crippen molar-refractivity contribution < 1.29 is 9.90 Å². The van der Waals surface area contributed by atoms with E-state index in [4.69, 9.17) is 5.11 Å². The number of hydrogen-bond acceptors (Lipinski definition) is 2. The Labute approximate surface area is 121 Å². The maximum atomic E-state index is 11.8. The molecule has 0 bridgehead atoms. The fraction of sp³-hybridized carbons (Fsp3) is 0.562. The number of aliphatic hydroxyl groups is 1. The van der Waals surface area contributed by atoms with Crippen LogP contribution in [0.15, 0.2) is 18.2 Å². The van der Waals surface area contributed by atoms with E-state index in [1.165, 1.54) is 11.1 Å². The van der Waals surface area contributed by atoms with Gasteiger partial charge in [0.2, 0.25) is 0 Å². The number of benzene rings is 1. The van der Waals surface area contributed by atoms with Gasteiger partial charge in [0.05, 0.1) is 0 Å². The number of aryl methyl sites for hydroxylation is 2. The zero-order chi connectivity index (χ0) is 15.2. The minimum absolute atomic E-state index is 0.0914. The minimum atomic E-state index is -0.170. The summed E-state index contributed by atoms with van der Waals surface area (Å²) >= 11 is 0. The first kappa shape index (κ1) is 16.5. The number of rotatable bonds is 6. The molecule has 0 atom stereocenters. The van der Waals surface area contributed by atoms with Crippen LogP contribution in [0.4, 0.5) is 4.79 Å². The molecule has 0 saturated heterocycles. The summed E-state index contributed by atoms with van der Waals surface area (Å²) < 4.78 is 0. The molecule has 1 aromatic rings. The lowest BCUT2D eigenvalue weighted by molar-refractivity contribution is 0.201. The van der Waals surface area contributed by atoms with Crippen LogP contribution in [-0.4, -0.2) is 24.3 Å². The molecular weight excluding hydrogens is 252 g/mol. The predicted octanol–water partition coefficient (Wildman–Crippen LogP) is 2.51. The summed E-state index contributed by atoms with van der Waals surface area (Å²) in [6.07, 6.45) is 0.671. The Balaban J connectivity index is 2.40. The molecule has 20 heavy (non-hydrogen) atoms. The highest BCUT2D eigenvalue weighted by atomic mass is 16.3. The van der Waals surface area contributed by atoms with Gasteiger partial charge >= 0.3 is 6.03 Å². The molecule has 1 rings (SSSR count). The monoisotopic (exact) mass is 278 g/mol. The Morgan fingerprint density at radius 3 is 2.55 bits per heavy atom. The summed E-state index contributed by atoms with van der Waals surface area (Å²) in [6, 6.07) is 6.03. The highest BCUT2D eigenvalue weighted by Gasteiger charge is 2.17. The van der Waals surface area contributed by atoms with Crippen LogP contribution in [0.2, 0.25) is 0 Å². The van der Waals surface area contributed by atoms with E-state index in [1.54, 1.807) is 0 Å². The molecule has 0 spiro atoms. The largest absolute Gasteiger partial charge is 0.396 e. The van der Waals surface area contributed by atoms with Crippen molar-refractivity contribution in [2.45, 2.75) is 40.7 Å². The summed E-state index contributed by atoms with van der Waals surface area (Å²) in [5.41, 5.74) is 3.44. The molecule has 1 aromatic carbocycles. The standard InChI is InChI=1S/C16H26N2O2/c1-12-5-6-14(13(2)9-12)10-17-15(20)18-11-16(3,4)7-8-19/h5-6,9,19H,7-8,10-11H2,1-4H3,(H2,17,18,20). The van der Waals surface area contributed by atoms with Gasteiger partial charge in [-0.25, -0.2) is 4.79 Å². The molecule has 4 nitrogen and oxygen atoms in total. The zero-order valence-electron chi connectivity index (χ0n) is 12.9. The summed E-state index contributed by atoms with van der Waals surface area (Å²) in [6.45, 7) is 9.36. The minimum Gasteiger partial charge on any atom is -0.396 e. The molecule has 0 aliphatic carbocycles. The zero-order valence-corrected chi connectivity index (χ0v) is 12.9. The Hall–Kier alpha value is -1.55. The summed E-state index contributed by atoms with van der Waals surface area (Å²) in [7, 11) is 0. The van der Waals surface area contributed by atoms with Crippen LogP contribution >= 0.6 is 0 Å². The molecule has 0 fully saturated rings. The molecule has 2 amide bonds. The average Bonchev–Trinajstić information content (AvgIpc) is 2.35. The third-order valence-electron chi connectivity index (χ3n) is 3.45. The first-order valence-electron chi connectivity index (χ1n) is 7.03. The van der Waals surface area contributed by atoms with Crippen LogP contribution in [0.1, 0.15) is 37.0 Å². The van der Waals surface area contributed by atoms with Crippen molar-refractivity contribution >= 4 is 6.03 Å². The molecule has 0 heterocycles. The third-order valence-corrected chi connectivity index (χ3v) is 3.45. The lowest BCUT2D eigenvalue weighted by Gasteiger charge is -2.23. The average molecular weight is 278 g/mol. The highest BCUT2D eigenvalue weighted by Crippen LogP contribution is 2.17. The molecular formula is C16H26N2O2. The molecule has 0 saturated carbocycles. The van der Waals surface area contributed by atoms with Gasteiger partial charge in [0.25, 0.3) is 0 Å². The molecule has 0 aliphatic rings. The van der Waals surface area contributed by atoms with Crippen LogP contribution in [0, 0.1) is 19.3 Å². The molecule has 0 aliphatic heterocycles. The number of aliphatic hydroxyl groups excluding tert-OH is 1. The molecule has 0 radical (unpaired) electrons. The fourth-order valence-corrected chi connectivity index (χ4v) is 1.99.